The Morgan fingerprint density at radius 3 is 2.68 bits per heavy atom. The van der Waals surface area contributed by atoms with E-state index in [2.05, 4.69) is 10.6 Å². The number of thiazole rings is 1. The molecule has 2 N–H and O–H groups in total. The van der Waals surface area contributed by atoms with Gasteiger partial charge in [-0.15, -0.1) is 0 Å². The molecule has 1 heterocycles. The van der Waals surface area contributed by atoms with Crippen LogP contribution in [-0.4, -0.2) is 22.9 Å². The molecule has 0 spiro atoms. The van der Waals surface area contributed by atoms with Crippen LogP contribution in [0.15, 0.2) is 28.4 Å². The van der Waals surface area contributed by atoms with Gasteiger partial charge in [0.2, 0.25) is 5.91 Å². The minimum Gasteiger partial charge on any atom is -0.352 e. The zero-order valence-electron chi connectivity index (χ0n) is 14.1. The third-order valence-electron chi connectivity index (χ3n) is 3.57. The summed E-state index contributed by atoms with van der Waals surface area (Å²) in [5, 5.41) is 7.52. The number of nitrogens with one attached hydrogen (secondary N) is 2. The van der Waals surface area contributed by atoms with Gasteiger partial charge in [0.1, 0.15) is 0 Å². The van der Waals surface area contributed by atoms with Crippen molar-refractivity contribution in [2.75, 3.05) is 11.9 Å². The Hall–Kier alpha value is -2.12. The Bertz CT molecular complexity index is 829. The third kappa shape index (κ3) is 5.17. The molecule has 0 radical (unpaired) electrons. The molecule has 25 heavy (non-hydrogen) atoms. The number of rotatable bonds is 7. The first-order valence-electron chi connectivity index (χ1n) is 7.95. The number of anilines is 1. The first-order chi connectivity index (χ1) is 11.9. The van der Waals surface area contributed by atoms with E-state index in [0.717, 1.165) is 23.5 Å². The summed E-state index contributed by atoms with van der Waals surface area (Å²) in [4.78, 5) is 35.6. The van der Waals surface area contributed by atoms with E-state index in [9.17, 15) is 14.4 Å². The second kappa shape index (κ2) is 8.82. The fourth-order valence-corrected chi connectivity index (χ4v) is 3.25. The highest BCUT2D eigenvalue weighted by molar-refractivity contribution is 7.07. The minimum atomic E-state index is -0.239. The van der Waals surface area contributed by atoms with Crippen molar-refractivity contribution in [1.82, 2.24) is 9.88 Å². The molecule has 0 aliphatic carbocycles. The molecule has 0 aliphatic rings. The average Bonchev–Trinajstić information content (AvgIpc) is 2.89. The maximum atomic E-state index is 12.1. The molecule has 0 saturated carbocycles. The van der Waals surface area contributed by atoms with Crippen molar-refractivity contribution in [3.05, 3.63) is 49.5 Å². The van der Waals surface area contributed by atoms with Gasteiger partial charge in [0.15, 0.2) is 0 Å². The Balaban J connectivity index is 1.96. The normalized spacial score (nSPS) is 10.5. The molecule has 2 amide bonds. The van der Waals surface area contributed by atoms with Crippen LogP contribution in [0.4, 0.5) is 5.69 Å². The van der Waals surface area contributed by atoms with E-state index in [1.54, 1.807) is 28.1 Å². The molecule has 0 atom stereocenters. The average molecular weight is 382 g/mol. The van der Waals surface area contributed by atoms with Gasteiger partial charge in [0.05, 0.1) is 10.6 Å². The van der Waals surface area contributed by atoms with E-state index in [-0.39, 0.29) is 28.1 Å². The summed E-state index contributed by atoms with van der Waals surface area (Å²) in [6.07, 6.45) is 1.01. The van der Waals surface area contributed by atoms with Crippen molar-refractivity contribution in [3.8, 4) is 0 Å². The Labute approximate surface area is 154 Å². The van der Waals surface area contributed by atoms with Crippen LogP contribution >= 0.6 is 22.9 Å². The van der Waals surface area contributed by atoms with Crippen LogP contribution in [0.5, 0.6) is 0 Å². The van der Waals surface area contributed by atoms with Crippen molar-refractivity contribution in [1.29, 1.82) is 0 Å². The van der Waals surface area contributed by atoms with Crippen LogP contribution in [0.1, 0.15) is 35.8 Å². The quantitative estimate of drug-likeness (QED) is 0.773. The zero-order valence-corrected chi connectivity index (χ0v) is 15.7. The van der Waals surface area contributed by atoms with E-state index in [4.69, 9.17) is 11.6 Å². The van der Waals surface area contributed by atoms with E-state index in [0.29, 0.717) is 24.3 Å². The number of nitrogens with zero attached hydrogens (tertiary/aromatic N) is 1. The SMILES string of the molecule is CCCNC(=O)c1ccc(NC(=O)CCn2c(C)csc2=O)cc1Cl. The van der Waals surface area contributed by atoms with Crippen LogP contribution < -0.4 is 15.5 Å². The highest BCUT2D eigenvalue weighted by Gasteiger charge is 2.12. The number of carbonyl (C=O) groups is 2. The van der Waals surface area contributed by atoms with Gasteiger partial charge >= 0.3 is 4.87 Å². The summed E-state index contributed by atoms with van der Waals surface area (Å²) < 4.78 is 1.57. The number of amides is 2. The molecular weight excluding hydrogens is 362 g/mol. The predicted octanol–water partition coefficient (Wildman–Crippen LogP) is 3.04. The lowest BCUT2D eigenvalue weighted by atomic mass is 10.2. The topological polar surface area (TPSA) is 80.2 Å². The van der Waals surface area contributed by atoms with Gasteiger partial charge in [0, 0.05) is 36.3 Å². The number of aromatic nitrogens is 1. The van der Waals surface area contributed by atoms with Crippen molar-refractivity contribution in [2.45, 2.75) is 33.2 Å². The van der Waals surface area contributed by atoms with Crippen molar-refractivity contribution >= 4 is 40.4 Å². The van der Waals surface area contributed by atoms with Crippen LogP contribution in [-0.2, 0) is 11.3 Å². The van der Waals surface area contributed by atoms with Crippen LogP contribution in [0.25, 0.3) is 0 Å². The van der Waals surface area contributed by atoms with Gasteiger partial charge in [-0.25, -0.2) is 0 Å². The summed E-state index contributed by atoms with van der Waals surface area (Å²) in [7, 11) is 0. The number of hydrogen-bond acceptors (Lipinski definition) is 4. The van der Waals surface area contributed by atoms with Crippen LogP contribution in [0, 0.1) is 6.92 Å². The Morgan fingerprint density at radius 2 is 2.08 bits per heavy atom. The fourth-order valence-electron chi connectivity index (χ4n) is 2.22. The monoisotopic (exact) mass is 381 g/mol. The molecule has 2 rings (SSSR count). The maximum Gasteiger partial charge on any atom is 0.307 e. The lowest BCUT2D eigenvalue weighted by Gasteiger charge is -2.09. The van der Waals surface area contributed by atoms with E-state index in [1.807, 2.05) is 13.8 Å². The molecule has 2 aromatic rings. The van der Waals surface area contributed by atoms with Gasteiger partial charge in [-0.05, 0) is 31.5 Å². The molecule has 0 saturated heterocycles. The molecule has 1 aromatic carbocycles. The Morgan fingerprint density at radius 1 is 1.32 bits per heavy atom. The molecular formula is C17H20ClN3O3S. The molecule has 134 valence electrons. The van der Waals surface area contributed by atoms with Gasteiger partial charge < -0.3 is 15.2 Å². The van der Waals surface area contributed by atoms with Crippen molar-refractivity contribution in [2.24, 2.45) is 0 Å². The minimum absolute atomic E-state index is 0.0733. The number of halogens is 1. The molecule has 0 aliphatic heterocycles. The number of hydrogen-bond donors (Lipinski definition) is 2. The van der Waals surface area contributed by atoms with Gasteiger partial charge in [-0.2, -0.15) is 0 Å². The first-order valence-corrected chi connectivity index (χ1v) is 9.20. The van der Waals surface area contributed by atoms with E-state index < -0.39 is 0 Å². The van der Waals surface area contributed by atoms with E-state index >= 15 is 0 Å². The zero-order chi connectivity index (χ0) is 18.4. The summed E-state index contributed by atoms with van der Waals surface area (Å²) in [5.41, 5.74) is 1.72. The highest BCUT2D eigenvalue weighted by Crippen LogP contribution is 2.21. The number of benzene rings is 1. The highest BCUT2D eigenvalue weighted by atomic mass is 35.5. The predicted molar refractivity (Wildman–Crippen MR) is 101 cm³/mol. The second-order valence-corrected chi connectivity index (χ2v) is 6.77. The van der Waals surface area contributed by atoms with Gasteiger partial charge in [-0.3, -0.25) is 14.4 Å². The van der Waals surface area contributed by atoms with Crippen molar-refractivity contribution in [3.63, 3.8) is 0 Å². The van der Waals surface area contributed by atoms with Gasteiger partial charge in [0.25, 0.3) is 5.91 Å². The largest absolute Gasteiger partial charge is 0.352 e. The molecule has 1 aromatic heterocycles. The fraction of sp³-hybridized carbons (Fsp3) is 0.353. The lowest BCUT2D eigenvalue weighted by molar-refractivity contribution is -0.116. The third-order valence-corrected chi connectivity index (χ3v) is 4.77. The maximum absolute atomic E-state index is 12.1. The van der Waals surface area contributed by atoms with Gasteiger partial charge in [-0.1, -0.05) is 29.9 Å². The molecule has 8 heteroatoms. The second-order valence-electron chi connectivity index (χ2n) is 5.54. The van der Waals surface area contributed by atoms with Crippen LogP contribution in [0.3, 0.4) is 0 Å². The molecule has 0 unspecified atom stereocenters. The summed E-state index contributed by atoms with van der Waals surface area (Å²) in [6.45, 7) is 4.70. The number of aryl methyl sites for hydroxylation is 1. The molecule has 6 nitrogen and oxygen atoms in total. The summed E-state index contributed by atoms with van der Waals surface area (Å²) >= 11 is 7.25. The lowest BCUT2D eigenvalue weighted by Crippen LogP contribution is -2.24. The van der Waals surface area contributed by atoms with Crippen LogP contribution in [0.2, 0.25) is 5.02 Å². The molecule has 0 bridgehead atoms. The first kappa shape index (κ1) is 19.2. The Kier molecular flexibility index (Phi) is 6.78. The van der Waals surface area contributed by atoms with Crippen molar-refractivity contribution < 1.29 is 9.59 Å². The number of carbonyl (C=O) groups excluding carboxylic acids is 2. The summed E-state index contributed by atoms with van der Waals surface area (Å²) in [5.74, 6) is -0.464. The molecule has 0 fully saturated rings. The standard InChI is InChI=1S/C17H20ClN3O3S/c1-3-7-19-16(23)13-5-4-12(9-14(13)18)20-15(22)6-8-21-11(2)10-25-17(21)24/h4-5,9-10H,3,6-8H2,1-2H3,(H,19,23)(H,20,22). The smallest absolute Gasteiger partial charge is 0.307 e. The summed E-state index contributed by atoms with van der Waals surface area (Å²) in [6, 6.07) is 4.76. The van der Waals surface area contributed by atoms with E-state index in [1.165, 1.54) is 0 Å².